The molecule has 0 aliphatic heterocycles. The van der Waals surface area contributed by atoms with Crippen molar-refractivity contribution in [3.63, 3.8) is 0 Å². The first-order chi connectivity index (χ1) is 14.9. The summed E-state index contributed by atoms with van der Waals surface area (Å²) in [5.74, 6) is -1.46. The number of aryl methyl sites for hydroxylation is 2. The maximum Gasteiger partial charge on any atom is 1.00 e. The Balaban J connectivity index is 0.00000289. The Morgan fingerprint density at radius 2 is 1.69 bits per heavy atom. The van der Waals surface area contributed by atoms with Crippen LogP contribution in [0, 0.1) is 19.7 Å². The molecule has 8 heteroatoms. The molecule has 0 N–H and O–H groups in total. The van der Waals surface area contributed by atoms with E-state index in [-0.39, 0.29) is 48.5 Å². The predicted molar refractivity (Wildman–Crippen MR) is 114 cm³/mol. The van der Waals surface area contributed by atoms with Crippen LogP contribution in [0.1, 0.15) is 22.3 Å². The van der Waals surface area contributed by atoms with Crippen molar-refractivity contribution in [2.24, 2.45) is 0 Å². The zero-order valence-corrected chi connectivity index (χ0v) is 20.1. The second kappa shape index (κ2) is 10.2. The fourth-order valence-corrected chi connectivity index (χ4v) is 3.56. The van der Waals surface area contributed by atoms with Crippen molar-refractivity contribution in [1.29, 1.82) is 0 Å². The Bertz CT molecular complexity index is 1340. The molecule has 0 saturated carbocycles. The Hall–Kier alpha value is -2.87. The van der Waals surface area contributed by atoms with Crippen LogP contribution in [0.5, 0.6) is 5.75 Å². The largest absolute Gasteiger partial charge is 1.00 e. The van der Waals surface area contributed by atoms with Gasteiger partial charge in [-0.25, -0.2) is 9.18 Å². The van der Waals surface area contributed by atoms with Crippen LogP contribution < -0.4 is 50.7 Å². The van der Waals surface area contributed by atoms with Gasteiger partial charge in [-0.15, -0.1) is 0 Å². The second-order valence-electron chi connectivity index (χ2n) is 7.31. The van der Waals surface area contributed by atoms with E-state index in [9.17, 15) is 14.0 Å². The van der Waals surface area contributed by atoms with Gasteiger partial charge in [0, 0.05) is 6.54 Å². The summed E-state index contributed by atoms with van der Waals surface area (Å²) in [6.45, 7) is 4.26. The number of nitrogens with zero attached hydrogens (tertiary/aromatic N) is 2. The minimum Gasteiger partial charge on any atom is -0.486 e. The number of hydrogen-bond acceptors (Lipinski definition) is 4. The normalized spacial score (nSPS) is 10.6. The van der Waals surface area contributed by atoms with Gasteiger partial charge < -0.3 is 14.2 Å². The fraction of sp³-hybridized carbons (Fsp3) is 0.167. The van der Waals surface area contributed by atoms with Gasteiger partial charge in [0.15, 0.2) is 17.3 Å². The third-order valence-electron chi connectivity index (χ3n) is 5.00. The molecule has 0 atom stereocenters. The second-order valence-corrected chi connectivity index (χ2v) is 7.31. The topological polar surface area (TPSA) is 75.5 Å². The number of hydrogen-bond donors (Lipinski definition) is 0. The van der Waals surface area contributed by atoms with Crippen LogP contribution in [0.4, 0.5) is 4.39 Å². The molecule has 0 radical (unpaired) electrons. The van der Waals surface area contributed by atoms with Crippen molar-refractivity contribution in [3.05, 3.63) is 110 Å². The van der Waals surface area contributed by atoms with E-state index in [1.807, 2.05) is 30.3 Å². The maximum atomic E-state index is 14.5. The summed E-state index contributed by atoms with van der Waals surface area (Å²) < 4.78 is 25.6. The van der Waals surface area contributed by atoms with Gasteiger partial charge in [-0.2, -0.15) is 0 Å². The average molecular weight is 442 g/mol. The molecule has 0 saturated heterocycles. The SMILES string of the molecule is Cc1cccc(C)c1-c1cccc(COc2ccc(Cn3oc(=O)[n-]c3=O)cc2F)c1.[Na+]. The zero-order chi connectivity index (χ0) is 22.0. The van der Waals surface area contributed by atoms with E-state index < -0.39 is 17.3 Å². The third kappa shape index (κ3) is 5.30. The summed E-state index contributed by atoms with van der Waals surface area (Å²) in [6.07, 6.45) is 0. The third-order valence-corrected chi connectivity index (χ3v) is 5.00. The van der Waals surface area contributed by atoms with E-state index in [0.29, 0.717) is 5.56 Å². The van der Waals surface area contributed by atoms with E-state index in [0.717, 1.165) is 15.9 Å². The Morgan fingerprint density at radius 3 is 2.34 bits per heavy atom. The van der Waals surface area contributed by atoms with Gasteiger partial charge in [-0.05, 0) is 65.4 Å². The molecule has 0 unspecified atom stereocenters. The van der Waals surface area contributed by atoms with Crippen molar-refractivity contribution in [3.8, 4) is 16.9 Å². The molecule has 0 amide bonds. The van der Waals surface area contributed by atoms with E-state index in [1.165, 1.54) is 28.8 Å². The molecule has 0 aliphatic carbocycles. The summed E-state index contributed by atoms with van der Waals surface area (Å²) in [5, 5.41) is 0. The minimum atomic E-state index is -0.978. The minimum absolute atomic E-state index is 0. The predicted octanol–water partition coefficient (Wildman–Crippen LogP) is 0.813. The average Bonchev–Trinajstić information content (AvgIpc) is 3.04. The van der Waals surface area contributed by atoms with Crippen LogP contribution in [-0.4, -0.2) is 4.74 Å². The molecular formula is C24H20FN2NaO4. The van der Waals surface area contributed by atoms with Gasteiger partial charge in [0.05, 0.1) is 0 Å². The molecule has 1 aromatic heterocycles. The molecule has 6 nitrogen and oxygen atoms in total. The molecule has 4 rings (SSSR count). The van der Waals surface area contributed by atoms with Crippen LogP contribution >= 0.6 is 0 Å². The van der Waals surface area contributed by atoms with Crippen LogP contribution in [0.3, 0.4) is 0 Å². The fourth-order valence-electron chi connectivity index (χ4n) is 3.56. The maximum absolute atomic E-state index is 14.5. The smallest absolute Gasteiger partial charge is 0.486 e. The van der Waals surface area contributed by atoms with Gasteiger partial charge >= 0.3 is 35.3 Å². The van der Waals surface area contributed by atoms with Crippen molar-refractivity contribution in [1.82, 2.24) is 9.72 Å². The van der Waals surface area contributed by atoms with Crippen LogP contribution in [-0.2, 0) is 13.2 Å². The molecule has 1 heterocycles. The summed E-state index contributed by atoms with van der Waals surface area (Å²) in [6, 6.07) is 18.5. The summed E-state index contributed by atoms with van der Waals surface area (Å²) in [4.78, 5) is 25.6. The quantitative estimate of drug-likeness (QED) is 0.413. The summed E-state index contributed by atoms with van der Waals surface area (Å²) in [5.41, 5.74) is 5.20. The van der Waals surface area contributed by atoms with Crippen LogP contribution in [0.25, 0.3) is 11.1 Å². The van der Waals surface area contributed by atoms with E-state index in [2.05, 4.69) is 35.5 Å². The van der Waals surface area contributed by atoms with Gasteiger partial charge in [0.1, 0.15) is 6.61 Å². The number of aromatic nitrogens is 2. The first-order valence-electron chi connectivity index (χ1n) is 9.72. The van der Waals surface area contributed by atoms with Crippen LogP contribution in [0.15, 0.2) is 74.8 Å². The van der Waals surface area contributed by atoms with E-state index in [4.69, 9.17) is 4.74 Å². The van der Waals surface area contributed by atoms with Gasteiger partial charge in [0.25, 0.3) is 0 Å². The van der Waals surface area contributed by atoms with E-state index in [1.54, 1.807) is 6.07 Å². The molecule has 32 heavy (non-hydrogen) atoms. The number of benzene rings is 3. The molecule has 0 spiro atoms. The molecular weight excluding hydrogens is 422 g/mol. The Labute approximate surface area is 205 Å². The summed E-state index contributed by atoms with van der Waals surface area (Å²) >= 11 is 0. The number of ether oxygens (including phenoxy) is 1. The van der Waals surface area contributed by atoms with Crippen molar-refractivity contribution >= 4 is 0 Å². The molecule has 4 aromatic rings. The first-order valence-corrected chi connectivity index (χ1v) is 9.72. The monoisotopic (exact) mass is 442 g/mol. The van der Waals surface area contributed by atoms with Crippen molar-refractivity contribution in [2.45, 2.75) is 27.0 Å². The van der Waals surface area contributed by atoms with Gasteiger partial charge in [0.2, 0.25) is 0 Å². The summed E-state index contributed by atoms with van der Waals surface area (Å²) in [7, 11) is 0. The molecule has 0 aliphatic rings. The standard InChI is InChI=1S/C24H21FN2O4.Na/c1-15-5-3-6-16(2)22(15)19-8-4-7-18(11-19)14-30-21-10-9-17(12-20(21)25)13-27-23(28)26-24(29)31-27;/h3-12H,13-14H2,1-2H3,(H,26,28,29);/q;+1/p-1. The number of rotatable bonds is 6. The van der Waals surface area contributed by atoms with Crippen molar-refractivity contribution < 1.29 is 43.2 Å². The number of halogens is 1. The van der Waals surface area contributed by atoms with Gasteiger partial charge in [-0.1, -0.05) is 42.5 Å². The van der Waals surface area contributed by atoms with E-state index >= 15 is 0 Å². The Morgan fingerprint density at radius 1 is 0.969 bits per heavy atom. The van der Waals surface area contributed by atoms with Gasteiger partial charge in [-0.3, -0.25) is 9.53 Å². The molecule has 0 fully saturated rings. The zero-order valence-electron chi connectivity index (χ0n) is 18.1. The molecule has 158 valence electrons. The molecule has 3 aromatic carbocycles. The Kier molecular flexibility index (Phi) is 7.56. The first kappa shape index (κ1) is 23.8. The molecule has 0 bridgehead atoms. The van der Waals surface area contributed by atoms with Crippen LogP contribution in [0.2, 0.25) is 0 Å². The van der Waals surface area contributed by atoms with Crippen molar-refractivity contribution in [2.75, 3.05) is 0 Å².